The van der Waals surface area contributed by atoms with Gasteiger partial charge in [0, 0.05) is 21.9 Å². The van der Waals surface area contributed by atoms with Gasteiger partial charge in [-0.2, -0.15) is 0 Å². The van der Waals surface area contributed by atoms with Crippen molar-refractivity contribution in [2.24, 2.45) is 0 Å². The Kier molecular flexibility index (Phi) is 5.51. The minimum atomic E-state index is -2.28. The van der Waals surface area contributed by atoms with Gasteiger partial charge in [-0.05, 0) is 0 Å². The van der Waals surface area contributed by atoms with Crippen molar-refractivity contribution in [3.05, 3.63) is 46.3 Å². The lowest BCUT2D eigenvalue weighted by Crippen LogP contribution is -2.35. The molecule has 0 aliphatic heterocycles. The van der Waals surface area contributed by atoms with Crippen LogP contribution in [-0.4, -0.2) is 15.6 Å². The highest BCUT2D eigenvalue weighted by atomic mass is 35.5. The van der Waals surface area contributed by atoms with Gasteiger partial charge in [-0.15, -0.1) is 11.6 Å². The molecule has 0 saturated heterocycles. The standard InChI is InChI=1S/C14H3Cl9O2/c15-5-1-2-4(14(23,25)13(22)11(21)12(2)24)8(18)6(16)3(1)7(17)10(20)9(5)19/h13,24-25H. The lowest BCUT2D eigenvalue weighted by atomic mass is 9.88. The van der Waals surface area contributed by atoms with Gasteiger partial charge in [-0.1, -0.05) is 92.8 Å². The normalized spacial score (nSPS) is 23.4. The Morgan fingerprint density at radius 1 is 0.720 bits per heavy atom. The zero-order valence-corrected chi connectivity index (χ0v) is 18.2. The summed E-state index contributed by atoms with van der Waals surface area (Å²) in [6.07, 6.45) is 0. The molecule has 0 fully saturated rings. The first-order valence-electron chi connectivity index (χ1n) is 6.25. The molecule has 0 spiro atoms. The fourth-order valence-electron chi connectivity index (χ4n) is 2.63. The molecule has 11 heteroatoms. The van der Waals surface area contributed by atoms with Gasteiger partial charge in [0.2, 0.25) is 0 Å². The van der Waals surface area contributed by atoms with Gasteiger partial charge in [0.05, 0.1) is 35.2 Å². The lowest BCUT2D eigenvalue weighted by Gasteiger charge is -2.35. The first-order chi connectivity index (χ1) is 11.4. The second-order valence-corrected chi connectivity index (χ2v) is 8.80. The maximum Gasteiger partial charge on any atom is 0.188 e. The Balaban J connectivity index is 2.73. The summed E-state index contributed by atoms with van der Waals surface area (Å²) in [5.41, 5.74) is -0.263. The van der Waals surface area contributed by atoms with Crippen LogP contribution in [0.2, 0.25) is 30.1 Å². The highest BCUT2D eigenvalue weighted by Gasteiger charge is 2.48. The van der Waals surface area contributed by atoms with E-state index in [1.807, 2.05) is 0 Å². The predicted octanol–water partition coefficient (Wildman–Crippen LogP) is 8.23. The first-order valence-corrected chi connectivity index (χ1v) is 9.71. The summed E-state index contributed by atoms with van der Waals surface area (Å²) in [7, 11) is 0. The van der Waals surface area contributed by atoms with Crippen molar-refractivity contribution in [3.8, 4) is 0 Å². The Morgan fingerprint density at radius 3 is 1.68 bits per heavy atom. The summed E-state index contributed by atoms with van der Waals surface area (Å²) in [4.78, 5) is 0. The van der Waals surface area contributed by atoms with E-state index in [0.717, 1.165) is 0 Å². The number of fused-ring (bicyclic) bond motifs is 3. The molecule has 0 heterocycles. The van der Waals surface area contributed by atoms with Crippen LogP contribution in [0.1, 0.15) is 11.1 Å². The van der Waals surface area contributed by atoms with E-state index < -0.39 is 16.2 Å². The van der Waals surface area contributed by atoms with Crippen LogP contribution >= 0.6 is 104 Å². The van der Waals surface area contributed by atoms with Crippen molar-refractivity contribution in [1.82, 2.24) is 0 Å². The van der Waals surface area contributed by atoms with E-state index >= 15 is 0 Å². The van der Waals surface area contributed by atoms with E-state index in [1.165, 1.54) is 0 Å². The van der Waals surface area contributed by atoms with Crippen molar-refractivity contribution >= 4 is 121 Å². The number of halogens is 9. The molecule has 2 atom stereocenters. The van der Waals surface area contributed by atoms with Gasteiger partial charge in [0.15, 0.2) is 5.06 Å². The molecule has 0 saturated carbocycles. The molecule has 1 aliphatic rings. The van der Waals surface area contributed by atoms with E-state index in [0.29, 0.717) is 0 Å². The van der Waals surface area contributed by atoms with Crippen molar-refractivity contribution < 1.29 is 10.2 Å². The van der Waals surface area contributed by atoms with E-state index in [-0.39, 0.29) is 57.1 Å². The zero-order valence-electron chi connectivity index (χ0n) is 11.4. The number of benzene rings is 2. The molecule has 2 aromatic rings. The molecule has 2 aromatic carbocycles. The number of rotatable bonds is 0. The SMILES string of the molecule is OC1=C(Cl)C(Cl)C(O)(Cl)c2c(Cl)c(Cl)c3c(Cl)c(Cl)c(Cl)c(Cl)c3c21. The van der Waals surface area contributed by atoms with Crippen molar-refractivity contribution in [3.63, 3.8) is 0 Å². The van der Waals surface area contributed by atoms with E-state index in [9.17, 15) is 10.2 Å². The third-order valence-corrected chi connectivity index (χ3v) is 7.99. The monoisotopic (exact) mass is 518 g/mol. The van der Waals surface area contributed by atoms with Crippen molar-refractivity contribution in [2.75, 3.05) is 0 Å². The predicted molar refractivity (Wildman–Crippen MR) is 109 cm³/mol. The molecule has 134 valence electrons. The first kappa shape index (κ1) is 20.5. The fraction of sp³-hybridized carbons (Fsp3) is 0.143. The van der Waals surface area contributed by atoms with Gasteiger partial charge in [-0.3, -0.25) is 0 Å². The molecule has 0 radical (unpaired) electrons. The molecule has 0 aromatic heterocycles. The summed E-state index contributed by atoms with van der Waals surface area (Å²) in [6.45, 7) is 0. The highest BCUT2D eigenvalue weighted by molar-refractivity contribution is 6.58. The van der Waals surface area contributed by atoms with E-state index in [4.69, 9.17) is 104 Å². The van der Waals surface area contributed by atoms with Crippen LogP contribution in [0.25, 0.3) is 16.5 Å². The number of aliphatic hydroxyl groups is 2. The van der Waals surface area contributed by atoms with Crippen LogP contribution in [0.5, 0.6) is 0 Å². The maximum atomic E-state index is 10.7. The topological polar surface area (TPSA) is 40.5 Å². The average Bonchev–Trinajstić information content (AvgIpc) is 2.56. The smallest absolute Gasteiger partial charge is 0.188 e. The van der Waals surface area contributed by atoms with Crippen molar-refractivity contribution in [2.45, 2.75) is 10.4 Å². The van der Waals surface area contributed by atoms with Gasteiger partial charge in [0.25, 0.3) is 0 Å². The summed E-state index contributed by atoms with van der Waals surface area (Å²) in [6, 6.07) is 0. The number of alkyl halides is 2. The molecule has 1 aliphatic carbocycles. The molecule has 25 heavy (non-hydrogen) atoms. The second-order valence-electron chi connectivity index (χ2n) is 5.12. The molecule has 0 bridgehead atoms. The highest BCUT2D eigenvalue weighted by Crippen LogP contribution is 2.57. The van der Waals surface area contributed by atoms with Gasteiger partial charge in [-0.25, -0.2) is 0 Å². The molecule has 2 N–H and O–H groups in total. The van der Waals surface area contributed by atoms with Crippen LogP contribution in [0, 0.1) is 0 Å². The van der Waals surface area contributed by atoms with Gasteiger partial charge >= 0.3 is 0 Å². The summed E-state index contributed by atoms with van der Waals surface area (Å²) < 4.78 is 0. The maximum absolute atomic E-state index is 10.7. The minimum absolute atomic E-state index is 0.0456. The second kappa shape index (κ2) is 6.70. The number of hydrogen-bond donors (Lipinski definition) is 2. The van der Waals surface area contributed by atoms with Gasteiger partial charge in [0.1, 0.15) is 11.1 Å². The lowest BCUT2D eigenvalue weighted by molar-refractivity contribution is 0.131. The van der Waals surface area contributed by atoms with Crippen molar-refractivity contribution in [1.29, 1.82) is 0 Å². The number of aliphatic hydroxyl groups excluding tert-OH is 1. The summed E-state index contributed by atoms with van der Waals surface area (Å²) in [5, 5.41) is 16.8. The minimum Gasteiger partial charge on any atom is -0.506 e. The third kappa shape index (κ3) is 2.73. The largest absolute Gasteiger partial charge is 0.506 e. The average molecular weight is 522 g/mol. The van der Waals surface area contributed by atoms with E-state index in [1.54, 1.807) is 0 Å². The molecule has 2 unspecified atom stereocenters. The zero-order chi connectivity index (χ0) is 19.0. The van der Waals surface area contributed by atoms with E-state index in [2.05, 4.69) is 0 Å². The Labute approximate surface area is 186 Å². The fourth-order valence-corrected chi connectivity index (χ4v) is 5.20. The molecule has 2 nitrogen and oxygen atoms in total. The number of hydrogen-bond acceptors (Lipinski definition) is 2. The molecular weight excluding hydrogens is 519 g/mol. The van der Waals surface area contributed by atoms with Crippen LogP contribution in [0.15, 0.2) is 5.03 Å². The summed E-state index contributed by atoms with van der Waals surface area (Å²) >= 11 is 55.5. The van der Waals surface area contributed by atoms with Crippen LogP contribution in [0.3, 0.4) is 0 Å². The Morgan fingerprint density at radius 2 is 1.16 bits per heavy atom. The third-order valence-electron chi connectivity index (χ3n) is 3.77. The quantitative estimate of drug-likeness (QED) is 0.208. The van der Waals surface area contributed by atoms with Crippen LogP contribution in [0.4, 0.5) is 0 Å². The Hall–Kier alpha value is 0.810. The molecule has 3 rings (SSSR count). The van der Waals surface area contributed by atoms with Crippen LogP contribution in [-0.2, 0) is 5.06 Å². The van der Waals surface area contributed by atoms with Crippen LogP contribution < -0.4 is 0 Å². The molecular formula is C14H3Cl9O2. The molecule has 0 amide bonds. The Bertz CT molecular complexity index is 981. The van der Waals surface area contributed by atoms with Gasteiger partial charge < -0.3 is 10.2 Å². The summed E-state index contributed by atoms with van der Waals surface area (Å²) in [5.74, 6) is -0.498.